The molecule has 90 valence electrons. The zero-order valence-corrected chi connectivity index (χ0v) is 13.6. The van der Waals surface area contributed by atoms with E-state index < -0.39 is 5.97 Å². The Morgan fingerprint density at radius 1 is 1.67 bits per heavy atom. The first kappa shape index (κ1) is 17.6. The standard InChI is InChI=1S/C8H6ClN2O.C2H2O3.K/c1-12-6-4-11-8(9)7-5(6)2-3-10-7;3-1-2(4)5;/h3-4,10H,1H3;1H,(H,4,5);/q-1;;+1. The molecule has 2 aromatic heterocycles. The van der Waals surface area contributed by atoms with Crippen molar-refractivity contribution in [2.45, 2.75) is 0 Å². The summed E-state index contributed by atoms with van der Waals surface area (Å²) in [5, 5.41) is 8.62. The van der Waals surface area contributed by atoms with Crippen molar-refractivity contribution in [3.63, 3.8) is 0 Å². The van der Waals surface area contributed by atoms with Gasteiger partial charge in [0.2, 0.25) is 6.29 Å². The van der Waals surface area contributed by atoms with Crippen LogP contribution in [0.15, 0.2) is 12.4 Å². The van der Waals surface area contributed by atoms with Crippen LogP contribution in [0.2, 0.25) is 5.15 Å². The second kappa shape index (κ2) is 8.62. The molecule has 0 aliphatic heterocycles. The first-order valence-electron chi connectivity index (χ1n) is 4.35. The molecule has 2 aromatic rings. The topological polar surface area (TPSA) is 92.3 Å². The molecule has 0 aliphatic rings. The molecule has 0 bridgehead atoms. The van der Waals surface area contributed by atoms with Gasteiger partial charge in [0.25, 0.3) is 0 Å². The third kappa shape index (κ3) is 4.67. The number of pyridine rings is 1. The number of nitrogens with zero attached hydrogens (tertiary/aromatic N) is 1. The molecule has 0 aliphatic carbocycles. The predicted octanol–water partition coefficient (Wildman–Crippen LogP) is -1.70. The summed E-state index contributed by atoms with van der Waals surface area (Å²) >= 11 is 5.81. The van der Waals surface area contributed by atoms with Gasteiger partial charge in [0.15, 0.2) is 0 Å². The van der Waals surface area contributed by atoms with Crippen molar-refractivity contribution in [1.82, 2.24) is 9.97 Å². The molecule has 0 saturated carbocycles. The molecule has 8 heteroatoms. The molecule has 0 spiro atoms. The zero-order valence-electron chi connectivity index (χ0n) is 9.73. The van der Waals surface area contributed by atoms with E-state index in [0.717, 1.165) is 10.9 Å². The summed E-state index contributed by atoms with van der Waals surface area (Å²) in [6.07, 6.45) is 3.09. The maximum atomic E-state index is 9.00. The van der Waals surface area contributed by atoms with E-state index in [4.69, 9.17) is 31.0 Å². The average molecular weight is 295 g/mol. The molecule has 0 aromatic carbocycles. The Morgan fingerprint density at radius 3 is 2.78 bits per heavy atom. The number of fused-ring (bicyclic) bond motifs is 1. The largest absolute Gasteiger partial charge is 1.00 e. The van der Waals surface area contributed by atoms with Gasteiger partial charge >= 0.3 is 57.4 Å². The first-order chi connectivity index (χ1) is 8.10. The number of carboxylic acids is 1. The van der Waals surface area contributed by atoms with Crippen LogP contribution in [-0.2, 0) is 9.59 Å². The third-order valence-electron chi connectivity index (χ3n) is 1.75. The van der Waals surface area contributed by atoms with E-state index in [9.17, 15) is 0 Å². The van der Waals surface area contributed by atoms with Gasteiger partial charge in [0, 0.05) is 11.9 Å². The summed E-state index contributed by atoms with van der Waals surface area (Å²) in [6.45, 7) is 0. The number of halogens is 1. The molecule has 0 atom stereocenters. The van der Waals surface area contributed by atoms with Crippen LogP contribution in [0.3, 0.4) is 0 Å². The van der Waals surface area contributed by atoms with Gasteiger partial charge in [-0.15, -0.1) is 5.39 Å². The van der Waals surface area contributed by atoms with Gasteiger partial charge < -0.3 is 14.8 Å². The van der Waals surface area contributed by atoms with Crippen LogP contribution in [0, 0.1) is 6.07 Å². The van der Waals surface area contributed by atoms with Gasteiger partial charge in [-0.25, -0.2) is 4.79 Å². The summed E-state index contributed by atoms with van der Waals surface area (Å²) in [5.41, 5.74) is 0.760. The van der Waals surface area contributed by atoms with E-state index in [0.29, 0.717) is 10.9 Å². The van der Waals surface area contributed by atoms with Crippen LogP contribution >= 0.6 is 11.6 Å². The number of hydrogen-bond acceptors (Lipinski definition) is 4. The fourth-order valence-electron chi connectivity index (χ4n) is 1.08. The molecule has 2 heterocycles. The quantitative estimate of drug-likeness (QED) is 0.226. The number of H-pyrrole nitrogens is 1. The van der Waals surface area contributed by atoms with Crippen molar-refractivity contribution in [2.24, 2.45) is 0 Å². The van der Waals surface area contributed by atoms with Gasteiger partial charge in [-0.2, -0.15) is 6.07 Å². The van der Waals surface area contributed by atoms with Gasteiger partial charge in [0.1, 0.15) is 0 Å². The number of aromatic nitrogens is 2. The Kier molecular flexibility index (Phi) is 8.41. The van der Waals surface area contributed by atoms with E-state index in [1.807, 2.05) is 0 Å². The summed E-state index contributed by atoms with van der Waals surface area (Å²) in [5.74, 6) is -0.749. The predicted molar refractivity (Wildman–Crippen MR) is 60.2 cm³/mol. The van der Waals surface area contributed by atoms with Crippen LogP contribution in [0.1, 0.15) is 0 Å². The minimum atomic E-state index is -1.43. The second-order valence-corrected chi connectivity index (χ2v) is 3.11. The number of carbonyl (C=O) groups is 2. The van der Waals surface area contributed by atoms with Gasteiger partial charge in [-0.3, -0.25) is 9.78 Å². The third-order valence-corrected chi connectivity index (χ3v) is 2.04. The normalized spacial score (nSPS) is 8.78. The smallest absolute Gasteiger partial charge is 0.552 e. The number of ether oxygens (including phenoxy) is 1. The Balaban J connectivity index is 0.000000421. The van der Waals surface area contributed by atoms with Crippen molar-refractivity contribution >= 4 is 34.8 Å². The number of aliphatic carboxylic acids is 1. The van der Waals surface area contributed by atoms with Crippen molar-refractivity contribution in [3.05, 3.63) is 23.6 Å². The fourth-order valence-corrected chi connectivity index (χ4v) is 1.28. The SMILES string of the molecule is COc1cnc(Cl)c2[nH]c[c-]c12.O=CC(=O)O.[K+]. The first-order valence-corrected chi connectivity index (χ1v) is 4.73. The monoisotopic (exact) mass is 294 g/mol. The van der Waals surface area contributed by atoms with Crippen molar-refractivity contribution in [3.8, 4) is 5.75 Å². The molecule has 0 radical (unpaired) electrons. The number of aromatic amines is 1. The summed E-state index contributed by atoms with van der Waals surface area (Å²) in [6, 6.07) is 2.97. The fraction of sp³-hybridized carbons (Fsp3) is 0.100. The number of carbonyl (C=O) groups excluding carboxylic acids is 1. The van der Waals surface area contributed by atoms with Crippen molar-refractivity contribution < 1.29 is 70.8 Å². The van der Waals surface area contributed by atoms with Crippen molar-refractivity contribution in [1.29, 1.82) is 0 Å². The van der Waals surface area contributed by atoms with E-state index in [2.05, 4.69) is 16.0 Å². The van der Waals surface area contributed by atoms with E-state index in [-0.39, 0.29) is 57.7 Å². The molecule has 0 fully saturated rings. The minimum Gasteiger partial charge on any atom is -0.552 e. The van der Waals surface area contributed by atoms with E-state index in [1.54, 1.807) is 19.5 Å². The molecule has 6 nitrogen and oxygen atoms in total. The summed E-state index contributed by atoms with van der Waals surface area (Å²) in [4.78, 5) is 24.8. The zero-order chi connectivity index (χ0) is 12.8. The van der Waals surface area contributed by atoms with Gasteiger partial charge in [0.05, 0.1) is 12.3 Å². The van der Waals surface area contributed by atoms with Crippen LogP contribution in [0.4, 0.5) is 0 Å². The molecule has 0 unspecified atom stereocenters. The molecule has 0 saturated heterocycles. The number of aldehydes is 1. The maximum Gasteiger partial charge on any atom is 1.00 e. The van der Waals surface area contributed by atoms with Crippen LogP contribution in [0.5, 0.6) is 5.75 Å². The summed E-state index contributed by atoms with van der Waals surface area (Å²) < 4.78 is 5.07. The molecular formula is C10H8ClKN2O4. The number of hydrogen-bond donors (Lipinski definition) is 2. The Hall–Kier alpha value is -0.444. The minimum absolute atomic E-state index is 0. The average Bonchev–Trinajstić information content (AvgIpc) is 2.80. The number of rotatable bonds is 2. The van der Waals surface area contributed by atoms with Gasteiger partial charge in [-0.1, -0.05) is 17.8 Å². The van der Waals surface area contributed by atoms with Crippen LogP contribution in [-0.4, -0.2) is 34.4 Å². The number of carboxylic acid groups (broad SMARTS) is 1. The van der Waals surface area contributed by atoms with Gasteiger partial charge in [-0.05, 0) is 5.52 Å². The molecular weight excluding hydrogens is 287 g/mol. The van der Waals surface area contributed by atoms with Crippen LogP contribution in [0.25, 0.3) is 10.9 Å². The molecule has 2 rings (SSSR count). The van der Waals surface area contributed by atoms with Crippen molar-refractivity contribution in [2.75, 3.05) is 7.11 Å². The molecule has 0 amide bonds. The Labute approximate surface area is 150 Å². The van der Waals surface area contributed by atoms with E-state index in [1.165, 1.54) is 0 Å². The summed E-state index contributed by atoms with van der Waals surface area (Å²) in [7, 11) is 1.59. The Bertz CT molecular complexity index is 544. The number of nitrogens with one attached hydrogen (secondary N) is 1. The van der Waals surface area contributed by atoms with E-state index >= 15 is 0 Å². The molecule has 18 heavy (non-hydrogen) atoms. The second-order valence-electron chi connectivity index (χ2n) is 2.76. The molecule has 2 N–H and O–H groups in total. The van der Waals surface area contributed by atoms with Crippen LogP contribution < -0.4 is 56.1 Å². The maximum absolute atomic E-state index is 9.00. The Morgan fingerprint density at radius 2 is 2.28 bits per heavy atom. The number of methoxy groups -OCH3 is 1.